The summed E-state index contributed by atoms with van der Waals surface area (Å²) in [6, 6.07) is 14.2. The van der Waals surface area contributed by atoms with Crippen molar-refractivity contribution in [3.8, 4) is 11.5 Å². The Labute approximate surface area is 107 Å². The Morgan fingerprint density at radius 1 is 0.833 bits per heavy atom. The standard InChI is InChI=1S/C8H10O.C7H7FO/c1-7-3-5-8(9-2)6-4-7;1-9-7-5-3-2-4-6(7)8/h3-6H,1-2H3;2-5H,1H3. The lowest BCUT2D eigenvalue weighted by Gasteiger charge is -1.97. The molecule has 3 heteroatoms. The lowest BCUT2D eigenvalue weighted by atomic mass is 10.2. The lowest BCUT2D eigenvalue weighted by molar-refractivity contribution is 0.386. The van der Waals surface area contributed by atoms with Crippen molar-refractivity contribution in [3.05, 3.63) is 59.9 Å². The number of hydrogen-bond acceptors (Lipinski definition) is 2. The summed E-state index contributed by atoms with van der Waals surface area (Å²) in [5.74, 6) is 0.887. The van der Waals surface area contributed by atoms with Gasteiger partial charge in [0.2, 0.25) is 0 Å². The van der Waals surface area contributed by atoms with Crippen molar-refractivity contribution in [3.63, 3.8) is 0 Å². The minimum Gasteiger partial charge on any atom is -0.497 e. The Kier molecular flexibility index (Phi) is 5.71. The van der Waals surface area contributed by atoms with Crippen molar-refractivity contribution in [2.45, 2.75) is 6.92 Å². The number of hydrogen-bond donors (Lipinski definition) is 0. The predicted molar refractivity (Wildman–Crippen MR) is 70.7 cm³/mol. The summed E-state index contributed by atoms with van der Waals surface area (Å²) >= 11 is 0. The third-order valence-corrected chi connectivity index (χ3v) is 2.31. The summed E-state index contributed by atoms with van der Waals surface area (Å²) in [5, 5.41) is 0. The third kappa shape index (κ3) is 4.45. The molecule has 0 aliphatic rings. The van der Waals surface area contributed by atoms with Crippen molar-refractivity contribution in [2.24, 2.45) is 0 Å². The Bertz CT molecular complexity index is 466. The quantitative estimate of drug-likeness (QED) is 0.804. The van der Waals surface area contributed by atoms with Crippen molar-refractivity contribution in [2.75, 3.05) is 14.2 Å². The summed E-state index contributed by atoms with van der Waals surface area (Å²) in [6.45, 7) is 2.06. The fourth-order valence-corrected chi connectivity index (χ4v) is 1.28. The van der Waals surface area contributed by atoms with E-state index in [1.54, 1.807) is 25.3 Å². The first-order valence-corrected chi connectivity index (χ1v) is 5.56. The molecule has 0 fully saturated rings. The summed E-state index contributed by atoms with van der Waals surface area (Å²) in [4.78, 5) is 0. The van der Waals surface area contributed by atoms with E-state index < -0.39 is 0 Å². The maximum Gasteiger partial charge on any atom is 0.165 e. The molecule has 96 valence electrons. The fraction of sp³-hybridized carbons (Fsp3) is 0.200. The Morgan fingerprint density at radius 3 is 1.89 bits per heavy atom. The van der Waals surface area contributed by atoms with Gasteiger partial charge < -0.3 is 9.47 Å². The van der Waals surface area contributed by atoms with Crippen LogP contribution < -0.4 is 9.47 Å². The molecule has 18 heavy (non-hydrogen) atoms. The topological polar surface area (TPSA) is 18.5 Å². The SMILES string of the molecule is COc1ccc(C)cc1.COc1ccccc1F. The second kappa shape index (κ2) is 7.33. The summed E-state index contributed by atoms with van der Waals surface area (Å²) in [6.07, 6.45) is 0. The molecular formula is C15H17FO2. The van der Waals surface area contributed by atoms with Gasteiger partial charge in [-0.2, -0.15) is 0 Å². The van der Waals surface area contributed by atoms with Crippen LogP contribution >= 0.6 is 0 Å². The molecule has 2 nitrogen and oxygen atoms in total. The van der Waals surface area contributed by atoms with E-state index in [9.17, 15) is 4.39 Å². The molecule has 2 rings (SSSR count). The van der Waals surface area contributed by atoms with Gasteiger partial charge in [0.1, 0.15) is 5.75 Å². The lowest BCUT2D eigenvalue weighted by Crippen LogP contribution is -1.85. The van der Waals surface area contributed by atoms with Gasteiger partial charge in [-0.15, -0.1) is 0 Å². The number of rotatable bonds is 2. The molecule has 0 aliphatic carbocycles. The van der Waals surface area contributed by atoms with Gasteiger partial charge in [0.15, 0.2) is 11.6 Å². The van der Waals surface area contributed by atoms with Crippen molar-refractivity contribution in [1.29, 1.82) is 0 Å². The highest BCUT2D eigenvalue weighted by molar-refractivity contribution is 5.26. The third-order valence-electron chi connectivity index (χ3n) is 2.31. The van der Waals surface area contributed by atoms with Crippen molar-refractivity contribution in [1.82, 2.24) is 0 Å². The second-order valence-electron chi connectivity index (χ2n) is 3.65. The molecule has 0 aromatic heterocycles. The molecule has 0 spiro atoms. The number of aryl methyl sites for hydroxylation is 1. The Morgan fingerprint density at radius 2 is 1.44 bits per heavy atom. The molecule has 2 aromatic carbocycles. The number of ether oxygens (including phenoxy) is 2. The molecule has 0 atom stereocenters. The van der Waals surface area contributed by atoms with E-state index in [2.05, 4.69) is 11.7 Å². The second-order valence-corrected chi connectivity index (χ2v) is 3.65. The first-order valence-electron chi connectivity index (χ1n) is 5.56. The molecule has 0 bridgehead atoms. The summed E-state index contributed by atoms with van der Waals surface area (Å²) in [7, 11) is 3.11. The minimum atomic E-state index is -0.319. The van der Waals surface area contributed by atoms with Gasteiger partial charge in [0, 0.05) is 0 Å². The highest BCUT2D eigenvalue weighted by Gasteiger charge is 1.95. The molecule has 0 N–H and O–H groups in total. The number of benzene rings is 2. The van der Waals surface area contributed by atoms with E-state index >= 15 is 0 Å². The normalized spacial score (nSPS) is 9.11. The smallest absolute Gasteiger partial charge is 0.165 e. The van der Waals surface area contributed by atoms with Gasteiger partial charge in [-0.1, -0.05) is 29.8 Å². The van der Waals surface area contributed by atoms with E-state index in [-0.39, 0.29) is 11.6 Å². The van der Waals surface area contributed by atoms with Crippen LogP contribution in [0.2, 0.25) is 0 Å². The molecule has 0 amide bonds. The van der Waals surface area contributed by atoms with Crippen LogP contribution in [-0.2, 0) is 0 Å². The number of para-hydroxylation sites is 1. The fourth-order valence-electron chi connectivity index (χ4n) is 1.28. The highest BCUT2D eigenvalue weighted by Crippen LogP contribution is 2.13. The van der Waals surface area contributed by atoms with Gasteiger partial charge >= 0.3 is 0 Å². The largest absolute Gasteiger partial charge is 0.497 e. The van der Waals surface area contributed by atoms with Gasteiger partial charge in [0.25, 0.3) is 0 Å². The Balaban J connectivity index is 0.000000180. The zero-order valence-electron chi connectivity index (χ0n) is 10.8. The van der Waals surface area contributed by atoms with Crippen molar-refractivity contribution < 1.29 is 13.9 Å². The van der Waals surface area contributed by atoms with Gasteiger partial charge in [-0.3, -0.25) is 0 Å². The van der Waals surface area contributed by atoms with Gasteiger partial charge in [0.05, 0.1) is 14.2 Å². The van der Waals surface area contributed by atoms with E-state index in [0.717, 1.165) is 5.75 Å². The van der Waals surface area contributed by atoms with E-state index in [0.29, 0.717) is 0 Å². The number of methoxy groups -OCH3 is 2. The average molecular weight is 248 g/mol. The van der Waals surface area contributed by atoms with Crippen LogP contribution in [0.1, 0.15) is 5.56 Å². The molecule has 0 saturated carbocycles. The van der Waals surface area contributed by atoms with Crippen LogP contribution in [-0.4, -0.2) is 14.2 Å². The molecule has 0 aliphatic heterocycles. The molecule has 0 unspecified atom stereocenters. The molecule has 0 heterocycles. The van der Waals surface area contributed by atoms with Gasteiger partial charge in [-0.05, 0) is 31.2 Å². The van der Waals surface area contributed by atoms with Crippen LogP contribution in [0.15, 0.2) is 48.5 Å². The minimum absolute atomic E-state index is 0.289. The van der Waals surface area contributed by atoms with E-state index in [1.807, 2.05) is 24.3 Å². The maximum absolute atomic E-state index is 12.5. The first-order chi connectivity index (χ1) is 8.67. The van der Waals surface area contributed by atoms with Crippen LogP contribution in [0.5, 0.6) is 11.5 Å². The maximum atomic E-state index is 12.5. The van der Waals surface area contributed by atoms with Crippen LogP contribution in [0, 0.1) is 12.7 Å². The van der Waals surface area contributed by atoms with E-state index in [1.165, 1.54) is 18.7 Å². The average Bonchev–Trinajstić information content (AvgIpc) is 2.41. The van der Waals surface area contributed by atoms with Crippen molar-refractivity contribution >= 4 is 0 Å². The number of halogens is 1. The van der Waals surface area contributed by atoms with E-state index in [4.69, 9.17) is 4.74 Å². The van der Waals surface area contributed by atoms with Gasteiger partial charge in [-0.25, -0.2) is 4.39 Å². The Hall–Kier alpha value is -2.03. The molecular weight excluding hydrogens is 231 g/mol. The molecule has 2 aromatic rings. The predicted octanol–water partition coefficient (Wildman–Crippen LogP) is 3.84. The first kappa shape index (κ1) is 14.0. The molecule has 0 radical (unpaired) electrons. The zero-order chi connectivity index (χ0) is 13.4. The summed E-state index contributed by atoms with van der Waals surface area (Å²) < 4.78 is 22.1. The monoisotopic (exact) mass is 248 g/mol. The van der Waals surface area contributed by atoms with Crippen LogP contribution in [0.25, 0.3) is 0 Å². The van der Waals surface area contributed by atoms with Crippen LogP contribution in [0.3, 0.4) is 0 Å². The summed E-state index contributed by atoms with van der Waals surface area (Å²) in [5.41, 5.74) is 1.26. The zero-order valence-corrected chi connectivity index (χ0v) is 10.8. The van der Waals surface area contributed by atoms with Crippen LogP contribution in [0.4, 0.5) is 4.39 Å². The highest BCUT2D eigenvalue weighted by atomic mass is 19.1. The molecule has 0 saturated heterocycles.